The molecule has 2 aromatic rings. The van der Waals surface area contributed by atoms with Crippen LogP contribution in [-0.4, -0.2) is 44.2 Å². The smallest absolute Gasteiger partial charge is 0.243 e. The monoisotopic (exact) mass is 457 g/mol. The predicted octanol–water partition coefficient (Wildman–Crippen LogP) is 2.53. The van der Waals surface area contributed by atoms with Gasteiger partial charge in [0.15, 0.2) is 0 Å². The first-order chi connectivity index (χ1) is 15.3. The molecule has 0 atom stereocenters. The molecule has 0 aromatic heterocycles. The number of aryl methyl sites for hydroxylation is 2. The number of hydrogen-bond acceptors (Lipinski definition) is 4. The van der Waals surface area contributed by atoms with E-state index in [2.05, 4.69) is 10.6 Å². The lowest BCUT2D eigenvalue weighted by Crippen LogP contribution is -2.43. The summed E-state index contributed by atoms with van der Waals surface area (Å²) in [5, 5.41) is 5.65. The molecule has 7 nitrogen and oxygen atoms in total. The fraction of sp³-hybridized carbons (Fsp3) is 0.417. The number of amides is 2. The van der Waals surface area contributed by atoms with Crippen LogP contribution in [-0.2, 0) is 26.2 Å². The summed E-state index contributed by atoms with van der Waals surface area (Å²) in [6.45, 7) is 5.08. The van der Waals surface area contributed by atoms with Gasteiger partial charge in [-0.25, -0.2) is 8.42 Å². The number of benzene rings is 2. The van der Waals surface area contributed by atoms with Crippen molar-refractivity contribution in [1.29, 1.82) is 0 Å². The molecule has 1 aliphatic rings. The Balaban J connectivity index is 1.41. The third-order valence-electron chi connectivity index (χ3n) is 5.76. The molecule has 2 amide bonds. The highest BCUT2D eigenvalue weighted by atomic mass is 32.2. The Labute approximate surface area is 190 Å². The molecule has 2 aromatic carbocycles. The first kappa shape index (κ1) is 23.9. The number of hydrogen-bond donors (Lipinski definition) is 2. The average Bonchev–Trinajstić information content (AvgIpc) is 2.78. The lowest BCUT2D eigenvalue weighted by atomic mass is 9.97. The zero-order valence-corrected chi connectivity index (χ0v) is 19.5. The maximum atomic E-state index is 13.0. The summed E-state index contributed by atoms with van der Waals surface area (Å²) in [6.07, 6.45) is 1.14. The molecular weight excluding hydrogens is 426 g/mol. The van der Waals surface area contributed by atoms with E-state index in [0.29, 0.717) is 37.4 Å². The van der Waals surface area contributed by atoms with Crippen LogP contribution < -0.4 is 10.6 Å². The Hall–Kier alpha value is -2.71. The molecule has 0 saturated carbocycles. The fourth-order valence-corrected chi connectivity index (χ4v) is 5.59. The van der Waals surface area contributed by atoms with Crippen LogP contribution in [0.5, 0.6) is 0 Å². The highest BCUT2D eigenvalue weighted by Crippen LogP contribution is 2.26. The van der Waals surface area contributed by atoms with Gasteiger partial charge in [-0.1, -0.05) is 48.0 Å². The second kappa shape index (κ2) is 10.7. The molecular formula is C24H31N3O4S. The lowest BCUT2D eigenvalue weighted by molar-refractivity contribution is -0.126. The molecule has 8 heteroatoms. The van der Waals surface area contributed by atoms with Crippen LogP contribution in [0, 0.1) is 19.8 Å². The second-order valence-electron chi connectivity index (χ2n) is 8.25. The number of carbonyl (C=O) groups excluding carboxylic acids is 2. The molecule has 32 heavy (non-hydrogen) atoms. The van der Waals surface area contributed by atoms with E-state index in [1.54, 1.807) is 19.1 Å². The molecule has 0 radical (unpaired) electrons. The van der Waals surface area contributed by atoms with E-state index in [1.807, 2.05) is 43.3 Å². The summed E-state index contributed by atoms with van der Waals surface area (Å²) >= 11 is 0. The summed E-state index contributed by atoms with van der Waals surface area (Å²) in [5.74, 6) is -0.485. The van der Waals surface area contributed by atoms with Crippen LogP contribution in [0.3, 0.4) is 0 Å². The normalized spacial score (nSPS) is 15.3. The molecule has 0 spiro atoms. The maximum Gasteiger partial charge on any atom is 0.243 e. The van der Waals surface area contributed by atoms with Gasteiger partial charge in [-0.3, -0.25) is 9.59 Å². The first-order valence-electron chi connectivity index (χ1n) is 10.9. The minimum absolute atomic E-state index is 0.121. The van der Waals surface area contributed by atoms with Crippen LogP contribution in [0.25, 0.3) is 0 Å². The van der Waals surface area contributed by atoms with Gasteiger partial charge in [0.2, 0.25) is 21.8 Å². The summed E-state index contributed by atoms with van der Waals surface area (Å²) in [4.78, 5) is 24.8. The second-order valence-corrected chi connectivity index (χ2v) is 10.2. The van der Waals surface area contributed by atoms with Crippen molar-refractivity contribution in [3.8, 4) is 0 Å². The summed E-state index contributed by atoms with van der Waals surface area (Å²) < 4.78 is 27.4. The van der Waals surface area contributed by atoms with Crippen LogP contribution in [0.4, 0.5) is 0 Å². The first-order valence-corrected chi connectivity index (χ1v) is 12.4. The SMILES string of the molecule is Cc1ccc(S(=O)(=O)N2CCC(C(=O)NCCC(=O)NCc3ccccc3)CC2)c(C)c1. The van der Waals surface area contributed by atoms with Gasteiger partial charge >= 0.3 is 0 Å². The van der Waals surface area contributed by atoms with E-state index < -0.39 is 10.0 Å². The number of rotatable bonds is 8. The number of nitrogens with one attached hydrogen (secondary N) is 2. The topological polar surface area (TPSA) is 95.6 Å². The molecule has 1 fully saturated rings. The Morgan fingerprint density at radius 2 is 1.69 bits per heavy atom. The highest BCUT2D eigenvalue weighted by Gasteiger charge is 2.32. The van der Waals surface area contributed by atoms with Crippen LogP contribution in [0.2, 0.25) is 0 Å². The zero-order chi connectivity index (χ0) is 23.1. The summed E-state index contributed by atoms with van der Waals surface area (Å²) in [7, 11) is -3.57. The Bertz CT molecular complexity index is 1050. The van der Waals surface area contributed by atoms with Crippen molar-refractivity contribution in [2.45, 2.75) is 44.6 Å². The highest BCUT2D eigenvalue weighted by molar-refractivity contribution is 7.89. The predicted molar refractivity (Wildman–Crippen MR) is 123 cm³/mol. The molecule has 1 heterocycles. The minimum Gasteiger partial charge on any atom is -0.355 e. The van der Waals surface area contributed by atoms with E-state index in [1.165, 1.54) is 4.31 Å². The third kappa shape index (κ3) is 6.17. The van der Waals surface area contributed by atoms with Gasteiger partial charge in [0.25, 0.3) is 0 Å². The van der Waals surface area contributed by atoms with Gasteiger partial charge in [0.05, 0.1) is 4.90 Å². The number of carbonyl (C=O) groups is 2. The van der Waals surface area contributed by atoms with E-state index in [0.717, 1.165) is 16.7 Å². The van der Waals surface area contributed by atoms with Crippen molar-refractivity contribution in [1.82, 2.24) is 14.9 Å². The van der Waals surface area contributed by atoms with Crippen molar-refractivity contribution >= 4 is 21.8 Å². The zero-order valence-electron chi connectivity index (χ0n) is 18.6. The van der Waals surface area contributed by atoms with E-state index in [9.17, 15) is 18.0 Å². The standard InChI is InChI=1S/C24H31N3O4S/c1-18-8-9-22(19(2)16-18)32(30,31)27-14-11-21(12-15-27)24(29)25-13-10-23(28)26-17-20-6-4-3-5-7-20/h3-9,16,21H,10-15,17H2,1-2H3,(H,25,29)(H,26,28). The van der Waals surface area contributed by atoms with Gasteiger partial charge in [0, 0.05) is 38.5 Å². The Morgan fingerprint density at radius 3 is 2.34 bits per heavy atom. The minimum atomic E-state index is -3.57. The Morgan fingerprint density at radius 1 is 1.00 bits per heavy atom. The fourth-order valence-electron chi connectivity index (χ4n) is 3.91. The largest absolute Gasteiger partial charge is 0.355 e. The van der Waals surface area contributed by atoms with Gasteiger partial charge in [-0.2, -0.15) is 4.31 Å². The van der Waals surface area contributed by atoms with Gasteiger partial charge < -0.3 is 10.6 Å². The number of sulfonamides is 1. The van der Waals surface area contributed by atoms with Gasteiger partial charge in [0.1, 0.15) is 0 Å². The molecule has 1 saturated heterocycles. The van der Waals surface area contributed by atoms with Crippen LogP contribution in [0.1, 0.15) is 36.0 Å². The molecule has 172 valence electrons. The van der Waals surface area contributed by atoms with E-state index in [4.69, 9.17) is 0 Å². The van der Waals surface area contributed by atoms with Crippen LogP contribution in [0.15, 0.2) is 53.4 Å². The van der Waals surface area contributed by atoms with Gasteiger partial charge in [-0.15, -0.1) is 0 Å². The van der Waals surface area contributed by atoms with Crippen LogP contribution >= 0.6 is 0 Å². The summed E-state index contributed by atoms with van der Waals surface area (Å²) in [5.41, 5.74) is 2.77. The molecule has 1 aliphatic heterocycles. The number of piperidine rings is 1. The maximum absolute atomic E-state index is 13.0. The van der Waals surface area contributed by atoms with Gasteiger partial charge in [-0.05, 0) is 43.9 Å². The molecule has 0 aliphatic carbocycles. The quantitative estimate of drug-likeness (QED) is 0.637. The van der Waals surface area contributed by atoms with Crippen molar-refractivity contribution < 1.29 is 18.0 Å². The van der Waals surface area contributed by atoms with Crippen molar-refractivity contribution in [2.75, 3.05) is 19.6 Å². The van der Waals surface area contributed by atoms with E-state index in [-0.39, 0.29) is 30.7 Å². The third-order valence-corrected chi connectivity index (χ3v) is 7.82. The number of nitrogens with zero attached hydrogens (tertiary/aromatic N) is 1. The van der Waals surface area contributed by atoms with Crippen molar-refractivity contribution in [3.05, 3.63) is 65.2 Å². The summed E-state index contributed by atoms with van der Waals surface area (Å²) in [6, 6.07) is 15.0. The van der Waals surface area contributed by atoms with E-state index >= 15 is 0 Å². The Kier molecular flexibility index (Phi) is 8.04. The lowest BCUT2D eigenvalue weighted by Gasteiger charge is -2.31. The molecule has 2 N–H and O–H groups in total. The average molecular weight is 458 g/mol. The molecule has 3 rings (SSSR count). The van der Waals surface area contributed by atoms with Crippen molar-refractivity contribution in [2.24, 2.45) is 5.92 Å². The van der Waals surface area contributed by atoms with Crippen molar-refractivity contribution in [3.63, 3.8) is 0 Å². The molecule has 0 bridgehead atoms. The molecule has 0 unspecified atom stereocenters.